The fraction of sp³-hybridized carbons (Fsp3) is 0.400. The zero-order chi connectivity index (χ0) is 19.2. The number of rotatable bonds is 7. The van der Waals surface area contributed by atoms with Gasteiger partial charge in [-0.15, -0.1) is 0 Å². The van der Waals surface area contributed by atoms with E-state index in [-0.39, 0.29) is 23.9 Å². The monoisotopic (exact) mass is 367 g/mol. The molecule has 3 rings (SSSR count). The molecule has 7 nitrogen and oxygen atoms in total. The Morgan fingerprint density at radius 3 is 2.59 bits per heavy atom. The summed E-state index contributed by atoms with van der Waals surface area (Å²) in [7, 11) is 0. The molecule has 142 valence electrons. The largest absolute Gasteiger partial charge is 0.352 e. The highest BCUT2D eigenvalue weighted by Gasteiger charge is 2.30. The maximum Gasteiger partial charge on any atom is 0.254 e. The van der Waals surface area contributed by atoms with E-state index < -0.39 is 0 Å². The Bertz CT molecular complexity index is 777. The molecule has 2 N–H and O–H groups in total. The number of hydrogen-bond acceptors (Lipinski definition) is 5. The van der Waals surface area contributed by atoms with Crippen LogP contribution in [0, 0.1) is 0 Å². The summed E-state index contributed by atoms with van der Waals surface area (Å²) in [5.41, 5.74) is 1.59. The molecule has 0 radical (unpaired) electrons. The van der Waals surface area contributed by atoms with Gasteiger partial charge in [0.2, 0.25) is 11.9 Å². The van der Waals surface area contributed by atoms with E-state index in [1.807, 2.05) is 36.9 Å². The van der Waals surface area contributed by atoms with Crippen molar-refractivity contribution in [2.45, 2.75) is 38.8 Å². The highest BCUT2D eigenvalue weighted by atomic mass is 16.2. The molecule has 1 aliphatic heterocycles. The Labute approximate surface area is 159 Å². The standard InChI is InChI=1S/C20H25N5O2/c1-14(2)23-20-21-11-16(12-22-20)19(27)24-17-10-18(26)25(13-17)9-8-15-6-4-3-5-7-15/h3-7,11-12,14,17H,8-10,13H2,1-2H3,(H,24,27)(H,21,22,23)/t17-/m0/s1. The lowest BCUT2D eigenvalue weighted by molar-refractivity contribution is -0.127. The van der Waals surface area contributed by atoms with Gasteiger partial charge >= 0.3 is 0 Å². The summed E-state index contributed by atoms with van der Waals surface area (Å²) in [6.07, 6.45) is 4.13. The molecule has 1 aromatic heterocycles. The van der Waals surface area contributed by atoms with Crippen LogP contribution in [0.1, 0.15) is 36.2 Å². The number of nitrogens with one attached hydrogen (secondary N) is 2. The number of hydrogen-bond donors (Lipinski definition) is 2. The smallest absolute Gasteiger partial charge is 0.254 e. The first-order valence-corrected chi connectivity index (χ1v) is 9.22. The van der Waals surface area contributed by atoms with E-state index in [1.165, 1.54) is 18.0 Å². The summed E-state index contributed by atoms with van der Waals surface area (Å²) in [6, 6.07) is 10.1. The van der Waals surface area contributed by atoms with Crippen molar-refractivity contribution in [3.8, 4) is 0 Å². The van der Waals surface area contributed by atoms with Crippen molar-refractivity contribution < 1.29 is 9.59 Å². The third kappa shape index (κ3) is 5.26. The van der Waals surface area contributed by atoms with Gasteiger partial charge in [0.25, 0.3) is 5.91 Å². The Hall–Kier alpha value is -2.96. The van der Waals surface area contributed by atoms with Crippen molar-refractivity contribution in [2.75, 3.05) is 18.4 Å². The van der Waals surface area contributed by atoms with Gasteiger partial charge in [0.05, 0.1) is 11.6 Å². The Morgan fingerprint density at radius 1 is 1.22 bits per heavy atom. The number of anilines is 1. The molecule has 0 unspecified atom stereocenters. The Morgan fingerprint density at radius 2 is 1.93 bits per heavy atom. The molecule has 0 saturated carbocycles. The van der Waals surface area contributed by atoms with E-state index >= 15 is 0 Å². The van der Waals surface area contributed by atoms with E-state index in [1.54, 1.807) is 0 Å². The maximum absolute atomic E-state index is 12.4. The topological polar surface area (TPSA) is 87.2 Å². The van der Waals surface area contributed by atoms with E-state index in [0.29, 0.717) is 31.0 Å². The minimum Gasteiger partial charge on any atom is -0.352 e. The van der Waals surface area contributed by atoms with Crippen LogP contribution in [0.25, 0.3) is 0 Å². The highest BCUT2D eigenvalue weighted by Crippen LogP contribution is 2.13. The second kappa shape index (κ2) is 8.62. The van der Waals surface area contributed by atoms with Gasteiger partial charge in [-0.1, -0.05) is 30.3 Å². The molecule has 1 atom stereocenters. The normalized spacial score (nSPS) is 16.6. The number of amides is 2. The number of carbonyl (C=O) groups excluding carboxylic acids is 2. The van der Waals surface area contributed by atoms with Crippen LogP contribution < -0.4 is 10.6 Å². The summed E-state index contributed by atoms with van der Waals surface area (Å²) >= 11 is 0. The molecular formula is C20H25N5O2. The first-order chi connectivity index (χ1) is 13.0. The lowest BCUT2D eigenvalue weighted by Gasteiger charge is -2.17. The number of benzene rings is 1. The zero-order valence-electron chi connectivity index (χ0n) is 15.7. The van der Waals surface area contributed by atoms with E-state index in [2.05, 4.69) is 32.7 Å². The SMILES string of the molecule is CC(C)Nc1ncc(C(=O)N[C@H]2CC(=O)N(CCc3ccccc3)C2)cn1. The molecule has 2 amide bonds. The number of aromatic nitrogens is 2. The first-order valence-electron chi connectivity index (χ1n) is 9.22. The summed E-state index contributed by atoms with van der Waals surface area (Å²) < 4.78 is 0. The molecule has 1 aromatic carbocycles. The minimum absolute atomic E-state index is 0.0731. The third-order valence-corrected chi connectivity index (χ3v) is 4.39. The molecule has 2 aromatic rings. The van der Waals surface area contributed by atoms with Crippen LogP contribution in [0.5, 0.6) is 0 Å². The predicted molar refractivity (Wildman–Crippen MR) is 103 cm³/mol. The fourth-order valence-electron chi connectivity index (χ4n) is 3.04. The number of nitrogens with zero attached hydrogens (tertiary/aromatic N) is 3. The van der Waals surface area contributed by atoms with Crippen molar-refractivity contribution in [2.24, 2.45) is 0 Å². The van der Waals surface area contributed by atoms with Crippen LogP contribution in [0.3, 0.4) is 0 Å². The van der Waals surface area contributed by atoms with Crippen molar-refractivity contribution in [1.82, 2.24) is 20.2 Å². The van der Waals surface area contributed by atoms with Crippen LogP contribution in [0.2, 0.25) is 0 Å². The van der Waals surface area contributed by atoms with Gasteiger partial charge in [-0.3, -0.25) is 9.59 Å². The molecule has 2 heterocycles. The quantitative estimate of drug-likeness (QED) is 0.780. The molecule has 1 aliphatic rings. The summed E-state index contributed by atoms with van der Waals surface area (Å²) in [6.45, 7) is 5.18. The van der Waals surface area contributed by atoms with Crippen LogP contribution in [0.15, 0.2) is 42.7 Å². The zero-order valence-corrected chi connectivity index (χ0v) is 15.7. The summed E-state index contributed by atoms with van der Waals surface area (Å²) in [5.74, 6) is 0.308. The average Bonchev–Trinajstić information content (AvgIpc) is 3.00. The number of likely N-dealkylation sites (tertiary alicyclic amines) is 1. The minimum atomic E-state index is -0.256. The molecule has 1 fully saturated rings. The lowest BCUT2D eigenvalue weighted by atomic mass is 10.1. The van der Waals surface area contributed by atoms with Crippen LogP contribution >= 0.6 is 0 Å². The van der Waals surface area contributed by atoms with Crippen molar-refractivity contribution in [3.63, 3.8) is 0 Å². The molecule has 1 saturated heterocycles. The van der Waals surface area contributed by atoms with Gasteiger partial charge in [-0.25, -0.2) is 9.97 Å². The van der Waals surface area contributed by atoms with Gasteiger partial charge in [0, 0.05) is 37.9 Å². The second-order valence-electron chi connectivity index (χ2n) is 7.04. The summed E-state index contributed by atoms with van der Waals surface area (Å²) in [4.78, 5) is 34.7. The molecule has 27 heavy (non-hydrogen) atoms. The van der Waals surface area contributed by atoms with Crippen molar-refractivity contribution in [1.29, 1.82) is 0 Å². The predicted octanol–water partition coefficient (Wildman–Crippen LogP) is 1.87. The maximum atomic E-state index is 12.4. The van der Waals surface area contributed by atoms with E-state index in [9.17, 15) is 9.59 Å². The Kier molecular flexibility index (Phi) is 6.01. The lowest BCUT2D eigenvalue weighted by Crippen LogP contribution is -2.37. The summed E-state index contributed by atoms with van der Waals surface area (Å²) in [5, 5.41) is 5.99. The van der Waals surface area contributed by atoms with Crippen LogP contribution in [0.4, 0.5) is 5.95 Å². The molecule has 0 spiro atoms. The van der Waals surface area contributed by atoms with Crippen molar-refractivity contribution >= 4 is 17.8 Å². The van der Waals surface area contributed by atoms with Gasteiger partial charge in [-0.05, 0) is 25.8 Å². The second-order valence-corrected chi connectivity index (χ2v) is 7.04. The Balaban J connectivity index is 1.50. The fourth-order valence-corrected chi connectivity index (χ4v) is 3.04. The van der Waals surface area contributed by atoms with Gasteiger partial charge < -0.3 is 15.5 Å². The third-order valence-electron chi connectivity index (χ3n) is 4.39. The average molecular weight is 367 g/mol. The van der Waals surface area contributed by atoms with E-state index in [4.69, 9.17) is 0 Å². The van der Waals surface area contributed by atoms with Crippen LogP contribution in [-0.2, 0) is 11.2 Å². The van der Waals surface area contributed by atoms with Crippen LogP contribution in [-0.4, -0.2) is 51.9 Å². The molecule has 0 bridgehead atoms. The van der Waals surface area contributed by atoms with Crippen molar-refractivity contribution in [3.05, 3.63) is 53.9 Å². The number of carbonyl (C=O) groups is 2. The molecule has 7 heteroatoms. The van der Waals surface area contributed by atoms with E-state index in [0.717, 1.165) is 6.42 Å². The molecular weight excluding hydrogens is 342 g/mol. The first kappa shape index (κ1) is 18.8. The highest BCUT2D eigenvalue weighted by molar-refractivity contribution is 5.94. The van der Waals surface area contributed by atoms with Gasteiger partial charge in [-0.2, -0.15) is 0 Å². The molecule has 0 aliphatic carbocycles. The van der Waals surface area contributed by atoms with Gasteiger partial charge in [0.15, 0.2) is 0 Å². The van der Waals surface area contributed by atoms with Gasteiger partial charge in [0.1, 0.15) is 0 Å².